The van der Waals surface area contributed by atoms with E-state index in [1.807, 2.05) is 6.07 Å². The number of piperidine rings is 1. The second-order valence-electron chi connectivity index (χ2n) is 5.47. The van der Waals surface area contributed by atoms with Gasteiger partial charge in [-0.15, -0.1) is 0 Å². The van der Waals surface area contributed by atoms with Crippen LogP contribution in [0, 0.1) is 11.7 Å². The van der Waals surface area contributed by atoms with Crippen LogP contribution in [0.15, 0.2) is 18.2 Å². The Hall–Kier alpha value is -0.640. The van der Waals surface area contributed by atoms with Gasteiger partial charge in [0.1, 0.15) is 5.82 Å². The zero-order chi connectivity index (χ0) is 14.0. The lowest BCUT2D eigenvalue weighted by atomic mass is 9.89. The third kappa shape index (κ3) is 3.28. The van der Waals surface area contributed by atoms with Crippen LogP contribution in [0.5, 0.6) is 0 Å². The molecule has 19 heavy (non-hydrogen) atoms. The van der Waals surface area contributed by atoms with Gasteiger partial charge in [0.25, 0.3) is 0 Å². The zero-order valence-corrected chi connectivity index (χ0v) is 12.3. The van der Waals surface area contributed by atoms with Gasteiger partial charge in [0, 0.05) is 25.2 Å². The molecular formula is C15H22ClFN2. The normalized spacial score (nSPS) is 26.4. The molecule has 0 aliphatic carbocycles. The number of likely N-dealkylation sites (tertiary alicyclic amines) is 1. The third-order valence-electron chi connectivity index (χ3n) is 4.32. The molecule has 1 aromatic carbocycles. The van der Waals surface area contributed by atoms with Crippen molar-refractivity contribution in [3.05, 3.63) is 34.6 Å². The zero-order valence-electron chi connectivity index (χ0n) is 11.6. The number of hydrogen-bond donors (Lipinski definition) is 1. The highest BCUT2D eigenvalue weighted by atomic mass is 35.5. The summed E-state index contributed by atoms with van der Waals surface area (Å²) < 4.78 is 13.2. The van der Waals surface area contributed by atoms with Gasteiger partial charge in [-0.25, -0.2) is 4.39 Å². The monoisotopic (exact) mass is 284 g/mol. The van der Waals surface area contributed by atoms with Crippen LogP contribution >= 0.6 is 11.6 Å². The second-order valence-corrected chi connectivity index (χ2v) is 5.87. The van der Waals surface area contributed by atoms with Crippen molar-refractivity contribution >= 4 is 11.6 Å². The standard InChI is InChI=1S/C15H22ClFN2/c1-3-11-9-19(7-6-15(11)18)10(2)12-4-5-14(17)13(16)8-12/h4-5,8,10-11,15H,3,6-7,9,18H2,1-2H3. The number of nitrogens with zero attached hydrogens (tertiary/aromatic N) is 1. The highest BCUT2D eigenvalue weighted by Gasteiger charge is 2.28. The lowest BCUT2D eigenvalue weighted by molar-refractivity contribution is 0.114. The van der Waals surface area contributed by atoms with Crippen molar-refractivity contribution in [1.82, 2.24) is 4.90 Å². The molecule has 1 aliphatic rings. The summed E-state index contributed by atoms with van der Waals surface area (Å²) in [6, 6.07) is 5.56. The molecule has 1 heterocycles. The van der Waals surface area contributed by atoms with Gasteiger partial charge >= 0.3 is 0 Å². The van der Waals surface area contributed by atoms with E-state index in [1.54, 1.807) is 6.07 Å². The fourth-order valence-corrected chi connectivity index (χ4v) is 3.03. The first-order chi connectivity index (χ1) is 9.02. The van der Waals surface area contributed by atoms with E-state index in [9.17, 15) is 4.39 Å². The number of hydrogen-bond acceptors (Lipinski definition) is 2. The number of benzene rings is 1. The van der Waals surface area contributed by atoms with Crippen LogP contribution in [0.25, 0.3) is 0 Å². The summed E-state index contributed by atoms with van der Waals surface area (Å²) in [7, 11) is 0. The maximum Gasteiger partial charge on any atom is 0.141 e. The molecule has 0 amide bonds. The molecule has 3 atom stereocenters. The van der Waals surface area contributed by atoms with E-state index < -0.39 is 0 Å². The largest absolute Gasteiger partial charge is 0.327 e. The first-order valence-electron chi connectivity index (χ1n) is 6.97. The summed E-state index contributed by atoms with van der Waals surface area (Å²) in [5, 5.41) is 0.199. The first-order valence-corrected chi connectivity index (χ1v) is 7.35. The number of halogens is 2. The van der Waals surface area contributed by atoms with Crippen molar-refractivity contribution in [2.75, 3.05) is 13.1 Å². The van der Waals surface area contributed by atoms with Crippen molar-refractivity contribution in [1.29, 1.82) is 0 Å². The van der Waals surface area contributed by atoms with Crippen LogP contribution in [0.2, 0.25) is 5.02 Å². The van der Waals surface area contributed by atoms with Crippen LogP contribution in [-0.4, -0.2) is 24.0 Å². The molecule has 0 spiro atoms. The van der Waals surface area contributed by atoms with E-state index in [1.165, 1.54) is 6.07 Å². The fraction of sp³-hybridized carbons (Fsp3) is 0.600. The van der Waals surface area contributed by atoms with Crippen molar-refractivity contribution in [3.8, 4) is 0 Å². The molecule has 2 rings (SSSR count). The molecule has 0 aromatic heterocycles. The van der Waals surface area contributed by atoms with Crippen molar-refractivity contribution in [2.24, 2.45) is 11.7 Å². The quantitative estimate of drug-likeness (QED) is 0.919. The third-order valence-corrected chi connectivity index (χ3v) is 4.61. The van der Waals surface area contributed by atoms with Crippen molar-refractivity contribution < 1.29 is 4.39 Å². The summed E-state index contributed by atoms with van der Waals surface area (Å²) in [5.74, 6) is 0.192. The minimum atomic E-state index is -0.357. The molecule has 3 unspecified atom stereocenters. The summed E-state index contributed by atoms with van der Waals surface area (Å²) in [4.78, 5) is 2.42. The van der Waals surface area contributed by atoms with E-state index in [2.05, 4.69) is 18.7 Å². The van der Waals surface area contributed by atoms with Gasteiger partial charge in [-0.05, 0) is 37.0 Å². The van der Waals surface area contributed by atoms with Gasteiger partial charge < -0.3 is 5.73 Å². The Morgan fingerprint density at radius 3 is 2.89 bits per heavy atom. The highest BCUT2D eigenvalue weighted by Crippen LogP contribution is 2.29. The van der Waals surface area contributed by atoms with Gasteiger partial charge in [0.2, 0.25) is 0 Å². The fourth-order valence-electron chi connectivity index (χ4n) is 2.85. The lowest BCUT2D eigenvalue weighted by Crippen LogP contribution is -2.47. The van der Waals surface area contributed by atoms with Gasteiger partial charge in [0.15, 0.2) is 0 Å². The number of nitrogens with two attached hydrogens (primary N) is 1. The number of rotatable bonds is 3. The summed E-state index contributed by atoms with van der Waals surface area (Å²) >= 11 is 5.86. The lowest BCUT2D eigenvalue weighted by Gasteiger charge is -2.40. The molecule has 1 fully saturated rings. The van der Waals surface area contributed by atoms with E-state index in [0.717, 1.165) is 31.5 Å². The smallest absolute Gasteiger partial charge is 0.141 e. The molecule has 0 radical (unpaired) electrons. The molecule has 4 heteroatoms. The first kappa shape index (κ1) is 14.8. The Morgan fingerprint density at radius 2 is 2.26 bits per heavy atom. The Balaban J connectivity index is 2.10. The van der Waals surface area contributed by atoms with Gasteiger partial charge in [-0.3, -0.25) is 4.90 Å². The molecular weight excluding hydrogens is 263 g/mol. The Kier molecular flexibility index (Phi) is 4.82. The Labute approximate surface area is 119 Å². The minimum Gasteiger partial charge on any atom is -0.327 e. The Morgan fingerprint density at radius 1 is 1.53 bits per heavy atom. The van der Waals surface area contributed by atoms with Crippen LogP contribution in [0.1, 0.15) is 38.3 Å². The molecule has 106 valence electrons. The molecule has 2 nitrogen and oxygen atoms in total. The molecule has 2 N–H and O–H groups in total. The van der Waals surface area contributed by atoms with Gasteiger partial charge in [-0.1, -0.05) is 31.0 Å². The van der Waals surface area contributed by atoms with E-state index >= 15 is 0 Å². The maximum absolute atomic E-state index is 13.2. The molecule has 1 aromatic rings. The van der Waals surface area contributed by atoms with E-state index in [4.69, 9.17) is 17.3 Å². The molecule has 0 bridgehead atoms. The average molecular weight is 285 g/mol. The van der Waals surface area contributed by atoms with Gasteiger partial charge in [-0.2, -0.15) is 0 Å². The predicted molar refractivity (Wildman–Crippen MR) is 77.8 cm³/mol. The molecule has 1 aliphatic heterocycles. The van der Waals surface area contributed by atoms with Crippen LogP contribution in [0.3, 0.4) is 0 Å². The Bertz CT molecular complexity index is 438. The summed E-state index contributed by atoms with van der Waals surface area (Å²) in [6.07, 6.45) is 2.13. The highest BCUT2D eigenvalue weighted by molar-refractivity contribution is 6.30. The van der Waals surface area contributed by atoms with E-state index in [-0.39, 0.29) is 16.9 Å². The second kappa shape index (κ2) is 6.21. The van der Waals surface area contributed by atoms with Gasteiger partial charge in [0.05, 0.1) is 5.02 Å². The van der Waals surface area contributed by atoms with Crippen molar-refractivity contribution in [2.45, 2.75) is 38.8 Å². The molecule has 0 saturated carbocycles. The van der Waals surface area contributed by atoms with Crippen LogP contribution in [-0.2, 0) is 0 Å². The SMILES string of the molecule is CCC1CN(C(C)c2ccc(F)c(Cl)c2)CCC1N. The topological polar surface area (TPSA) is 29.3 Å². The summed E-state index contributed by atoms with van der Waals surface area (Å²) in [6.45, 7) is 6.34. The van der Waals surface area contributed by atoms with Crippen molar-refractivity contribution in [3.63, 3.8) is 0 Å². The van der Waals surface area contributed by atoms with Crippen LogP contribution in [0.4, 0.5) is 4.39 Å². The van der Waals surface area contributed by atoms with Crippen LogP contribution < -0.4 is 5.73 Å². The average Bonchev–Trinajstić information content (AvgIpc) is 2.41. The summed E-state index contributed by atoms with van der Waals surface area (Å²) in [5.41, 5.74) is 7.20. The predicted octanol–water partition coefficient (Wildman–Crippen LogP) is 3.60. The maximum atomic E-state index is 13.2. The molecule has 1 saturated heterocycles. The van der Waals surface area contributed by atoms with E-state index in [0.29, 0.717) is 12.0 Å². The minimum absolute atomic E-state index is 0.199.